The molecule has 1 unspecified atom stereocenters. The molecule has 0 aromatic rings. The quantitative estimate of drug-likeness (QED) is 0.750. The Bertz CT molecular complexity index is 270. The molecule has 1 aliphatic heterocycles. The van der Waals surface area contributed by atoms with Crippen LogP contribution in [0.2, 0.25) is 0 Å². The molecule has 0 bridgehead atoms. The van der Waals surface area contributed by atoms with Gasteiger partial charge in [0.15, 0.2) is 0 Å². The highest BCUT2D eigenvalue weighted by Gasteiger charge is 2.45. The second-order valence-electron chi connectivity index (χ2n) is 5.46. The van der Waals surface area contributed by atoms with E-state index < -0.39 is 0 Å². The zero-order valence-corrected chi connectivity index (χ0v) is 10.4. The van der Waals surface area contributed by atoms with Crippen molar-refractivity contribution < 1.29 is 4.79 Å². The summed E-state index contributed by atoms with van der Waals surface area (Å²) in [6, 6.07) is 0.390. The average molecular weight is 225 g/mol. The predicted molar refractivity (Wildman–Crippen MR) is 64.0 cm³/mol. The molecule has 0 aromatic carbocycles. The highest BCUT2D eigenvalue weighted by atomic mass is 16.2. The number of hydrogen-bond donors (Lipinski definition) is 1. The van der Waals surface area contributed by atoms with Crippen LogP contribution in [0, 0.1) is 5.41 Å². The van der Waals surface area contributed by atoms with Crippen LogP contribution in [-0.2, 0) is 4.79 Å². The molecule has 1 amide bonds. The number of amides is 1. The molecule has 1 saturated heterocycles. The van der Waals surface area contributed by atoms with Gasteiger partial charge >= 0.3 is 0 Å². The molecule has 4 heteroatoms. The molecule has 1 aliphatic carbocycles. The standard InChI is InChI=1S/C12H23N3O/c1-14-7-4-10(8-14)15(2)11(16)12(9-13)5-3-6-12/h10H,3-9,13H2,1-2H3. The molecule has 1 saturated carbocycles. The van der Waals surface area contributed by atoms with E-state index in [1.807, 2.05) is 11.9 Å². The number of likely N-dealkylation sites (tertiary alicyclic amines) is 1. The van der Waals surface area contributed by atoms with Gasteiger partial charge in [0.2, 0.25) is 5.91 Å². The lowest BCUT2D eigenvalue weighted by Gasteiger charge is -2.43. The van der Waals surface area contributed by atoms with Crippen LogP contribution in [0.4, 0.5) is 0 Å². The summed E-state index contributed by atoms with van der Waals surface area (Å²) in [5, 5.41) is 0. The maximum absolute atomic E-state index is 12.4. The molecular weight excluding hydrogens is 202 g/mol. The van der Waals surface area contributed by atoms with Crippen molar-refractivity contribution in [1.82, 2.24) is 9.80 Å². The second-order valence-corrected chi connectivity index (χ2v) is 5.46. The molecular formula is C12H23N3O. The summed E-state index contributed by atoms with van der Waals surface area (Å²) in [6.07, 6.45) is 4.21. The first-order chi connectivity index (χ1) is 7.59. The molecule has 92 valence electrons. The molecule has 2 aliphatic rings. The molecule has 0 spiro atoms. The minimum Gasteiger partial charge on any atom is -0.341 e. The first-order valence-electron chi connectivity index (χ1n) is 6.25. The Kier molecular flexibility index (Phi) is 3.22. The first-order valence-corrected chi connectivity index (χ1v) is 6.25. The van der Waals surface area contributed by atoms with Crippen LogP contribution < -0.4 is 5.73 Å². The monoisotopic (exact) mass is 225 g/mol. The molecule has 0 radical (unpaired) electrons. The maximum Gasteiger partial charge on any atom is 0.230 e. The highest BCUT2D eigenvalue weighted by molar-refractivity contribution is 5.84. The average Bonchev–Trinajstić information content (AvgIpc) is 2.63. The molecule has 0 aromatic heterocycles. The van der Waals surface area contributed by atoms with Crippen LogP contribution >= 0.6 is 0 Å². The lowest BCUT2D eigenvalue weighted by atomic mass is 9.67. The van der Waals surface area contributed by atoms with Crippen molar-refractivity contribution in [2.24, 2.45) is 11.1 Å². The van der Waals surface area contributed by atoms with Crippen LogP contribution in [0.1, 0.15) is 25.7 Å². The third-order valence-electron chi connectivity index (χ3n) is 4.39. The lowest BCUT2D eigenvalue weighted by Crippen LogP contribution is -2.53. The number of carbonyl (C=O) groups is 1. The summed E-state index contributed by atoms with van der Waals surface area (Å²) < 4.78 is 0. The van der Waals surface area contributed by atoms with E-state index in [-0.39, 0.29) is 11.3 Å². The Balaban J connectivity index is 1.98. The Labute approximate surface area is 97.8 Å². The fraction of sp³-hybridized carbons (Fsp3) is 0.917. The van der Waals surface area contributed by atoms with Crippen molar-refractivity contribution >= 4 is 5.91 Å². The van der Waals surface area contributed by atoms with Crippen LogP contribution in [0.25, 0.3) is 0 Å². The van der Waals surface area contributed by atoms with Crippen molar-refractivity contribution in [3.8, 4) is 0 Å². The van der Waals surface area contributed by atoms with Gasteiger partial charge in [-0.05, 0) is 32.9 Å². The molecule has 1 heterocycles. The van der Waals surface area contributed by atoms with Crippen molar-refractivity contribution in [1.29, 1.82) is 0 Å². The van der Waals surface area contributed by atoms with Gasteiger partial charge in [-0.15, -0.1) is 0 Å². The molecule has 2 fully saturated rings. The smallest absolute Gasteiger partial charge is 0.230 e. The first kappa shape index (κ1) is 11.9. The van der Waals surface area contributed by atoms with E-state index in [1.165, 1.54) is 0 Å². The maximum atomic E-state index is 12.4. The largest absolute Gasteiger partial charge is 0.341 e. The van der Waals surface area contributed by atoms with Gasteiger partial charge in [0.05, 0.1) is 5.41 Å². The van der Waals surface area contributed by atoms with Gasteiger partial charge in [-0.25, -0.2) is 0 Å². The van der Waals surface area contributed by atoms with Crippen LogP contribution in [0.15, 0.2) is 0 Å². The Morgan fingerprint density at radius 1 is 1.56 bits per heavy atom. The molecule has 16 heavy (non-hydrogen) atoms. The summed E-state index contributed by atoms with van der Waals surface area (Å²) in [4.78, 5) is 16.6. The Hall–Kier alpha value is -0.610. The van der Waals surface area contributed by atoms with Crippen molar-refractivity contribution in [3.05, 3.63) is 0 Å². The van der Waals surface area contributed by atoms with E-state index in [0.717, 1.165) is 38.8 Å². The normalized spacial score (nSPS) is 28.8. The van der Waals surface area contributed by atoms with Gasteiger partial charge in [-0.3, -0.25) is 4.79 Å². The second kappa shape index (κ2) is 4.34. The van der Waals surface area contributed by atoms with Crippen molar-refractivity contribution in [2.45, 2.75) is 31.7 Å². The number of rotatable bonds is 3. The minimum atomic E-state index is -0.212. The lowest BCUT2D eigenvalue weighted by molar-refractivity contribution is -0.147. The molecule has 2 rings (SSSR count). The van der Waals surface area contributed by atoms with Crippen molar-refractivity contribution in [2.75, 3.05) is 33.7 Å². The van der Waals surface area contributed by atoms with Gasteiger partial charge in [0.25, 0.3) is 0 Å². The van der Waals surface area contributed by atoms with Gasteiger partial charge < -0.3 is 15.5 Å². The van der Waals surface area contributed by atoms with Gasteiger partial charge in [-0.2, -0.15) is 0 Å². The number of likely N-dealkylation sites (N-methyl/N-ethyl adjacent to an activating group) is 2. The number of hydrogen-bond acceptors (Lipinski definition) is 3. The summed E-state index contributed by atoms with van der Waals surface area (Å²) in [7, 11) is 4.06. The van der Waals surface area contributed by atoms with Crippen molar-refractivity contribution in [3.63, 3.8) is 0 Å². The van der Waals surface area contributed by atoms with E-state index in [2.05, 4.69) is 11.9 Å². The summed E-state index contributed by atoms with van der Waals surface area (Å²) in [5.41, 5.74) is 5.56. The van der Waals surface area contributed by atoms with E-state index in [1.54, 1.807) is 0 Å². The van der Waals surface area contributed by atoms with Gasteiger partial charge in [0, 0.05) is 26.2 Å². The highest BCUT2D eigenvalue weighted by Crippen LogP contribution is 2.41. The van der Waals surface area contributed by atoms with E-state index >= 15 is 0 Å². The summed E-state index contributed by atoms with van der Waals surface area (Å²) >= 11 is 0. The van der Waals surface area contributed by atoms with Gasteiger partial charge in [-0.1, -0.05) is 6.42 Å². The number of nitrogens with zero attached hydrogens (tertiary/aromatic N) is 2. The third-order valence-corrected chi connectivity index (χ3v) is 4.39. The molecule has 2 N–H and O–H groups in total. The summed E-state index contributed by atoms with van der Waals surface area (Å²) in [5.74, 6) is 0.279. The predicted octanol–water partition coefficient (Wildman–Crippen LogP) is 0.278. The summed E-state index contributed by atoms with van der Waals surface area (Å²) in [6.45, 7) is 2.61. The zero-order chi connectivity index (χ0) is 11.8. The zero-order valence-electron chi connectivity index (χ0n) is 10.4. The van der Waals surface area contributed by atoms with Crippen LogP contribution in [0.3, 0.4) is 0 Å². The SMILES string of the molecule is CN1CCC(N(C)C(=O)C2(CN)CCC2)C1. The van der Waals surface area contributed by atoms with E-state index in [4.69, 9.17) is 5.73 Å². The topological polar surface area (TPSA) is 49.6 Å². The van der Waals surface area contributed by atoms with E-state index in [9.17, 15) is 4.79 Å². The number of carbonyl (C=O) groups excluding carboxylic acids is 1. The fourth-order valence-electron chi connectivity index (χ4n) is 2.88. The number of nitrogens with two attached hydrogens (primary N) is 1. The Morgan fingerprint density at radius 3 is 2.62 bits per heavy atom. The molecule has 4 nitrogen and oxygen atoms in total. The third kappa shape index (κ3) is 1.84. The Morgan fingerprint density at radius 2 is 2.25 bits per heavy atom. The van der Waals surface area contributed by atoms with E-state index in [0.29, 0.717) is 12.6 Å². The van der Waals surface area contributed by atoms with Crippen LogP contribution in [-0.4, -0.2) is 55.5 Å². The fourth-order valence-corrected chi connectivity index (χ4v) is 2.88. The van der Waals surface area contributed by atoms with Crippen LogP contribution in [0.5, 0.6) is 0 Å². The minimum absolute atomic E-state index is 0.212. The van der Waals surface area contributed by atoms with Gasteiger partial charge in [0.1, 0.15) is 0 Å². The molecule has 1 atom stereocenters.